The number of alkyl carbamates (subject to hydrolysis) is 1. The number of carbonyl (C=O) groups excluding carboxylic acids is 12. The number of amides is 10. The Kier molecular flexibility index (Phi) is 33.8. The first-order valence-corrected chi connectivity index (χ1v) is 34.8. The molecule has 0 fully saturated rings. The summed E-state index contributed by atoms with van der Waals surface area (Å²) in [5, 5.41) is 10.9. The van der Waals surface area contributed by atoms with Gasteiger partial charge < -0.3 is 64.9 Å². The highest BCUT2D eigenvalue weighted by molar-refractivity contribution is 5.98. The van der Waals surface area contributed by atoms with Crippen molar-refractivity contribution in [3.63, 3.8) is 0 Å². The Morgan fingerprint density at radius 3 is 1.46 bits per heavy atom. The van der Waals surface area contributed by atoms with E-state index in [1.807, 2.05) is 96.1 Å². The van der Waals surface area contributed by atoms with Crippen LogP contribution in [0.2, 0.25) is 0 Å². The standard InChI is InChI=1S/C74H116N10O15/c1-24-26-31-47(13)64(99-51(17)86)63(67(89)77-57(25-2)73(95)97-37-36-79(18)50(16)85)84(23)72(94)62(46(11)12)83(22)70(92)60(40-44(7)8)82(21)69(91)59(39-43(5)6)81(20)68(90)49(15)76-65(87)48(14)75-66(88)58(38-42(3)4)80(19)71(93)61(45(9)10)78-74(96)98-41-56-54-34-29-27-32-52(54)53-33-28-30-35-55(53)56/h24,26-30,32-35,42-49,56-64H,25,31,36-41H2,1-23H3,(H,75,88)(H,76,87)(H,77,89)(H,78,96)/b26-24+/t47-,48+,49-,57+,58-,59+,60+,61+,62+,63+,64-/m1/s1. The summed E-state index contributed by atoms with van der Waals surface area (Å²) in [7, 11) is 8.68. The Labute approximate surface area is 587 Å². The molecule has 11 atom stereocenters. The average Bonchev–Trinajstić information content (AvgIpc) is 1.66. The number of ether oxygens (including phenoxy) is 3. The number of hydrogen-bond donors (Lipinski definition) is 4. The monoisotopic (exact) mass is 1380 g/mol. The number of fused-ring (bicyclic) bond motifs is 3. The van der Waals surface area contributed by atoms with E-state index in [1.165, 1.54) is 87.4 Å². The van der Waals surface area contributed by atoms with Crippen LogP contribution >= 0.6 is 0 Å². The van der Waals surface area contributed by atoms with Crippen LogP contribution in [-0.2, 0) is 67.0 Å². The molecule has 0 aromatic heterocycles. The molecule has 25 nitrogen and oxygen atoms in total. The predicted octanol–water partition coefficient (Wildman–Crippen LogP) is 6.94. The van der Waals surface area contributed by atoms with Crippen molar-refractivity contribution in [2.24, 2.45) is 35.5 Å². The van der Waals surface area contributed by atoms with E-state index < -0.39 is 144 Å². The Hall–Kier alpha value is -8.38. The number of nitrogens with one attached hydrogen (secondary N) is 4. The van der Waals surface area contributed by atoms with Crippen molar-refractivity contribution in [2.75, 3.05) is 62.0 Å². The Bertz CT molecular complexity index is 3100. The van der Waals surface area contributed by atoms with Gasteiger partial charge in [0.2, 0.25) is 53.2 Å². The lowest BCUT2D eigenvalue weighted by Gasteiger charge is -2.42. The fourth-order valence-corrected chi connectivity index (χ4v) is 12.4. The van der Waals surface area contributed by atoms with E-state index in [4.69, 9.17) is 14.2 Å². The second-order valence-electron chi connectivity index (χ2n) is 28.4. The highest BCUT2D eigenvalue weighted by Gasteiger charge is 2.47. The van der Waals surface area contributed by atoms with Crippen molar-refractivity contribution >= 4 is 71.2 Å². The van der Waals surface area contributed by atoms with Crippen LogP contribution in [0, 0.1) is 35.5 Å². The maximum atomic E-state index is 15.3. The van der Waals surface area contributed by atoms with Gasteiger partial charge >= 0.3 is 18.0 Å². The van der Waals surface area contributed by atoms with E-state index in [0.29, 0.717) is 6.42 Å². The summed E-state index contributed by atoms with van der Waals surface area (Å²) in [5.41, 5.74) is 4.18. The van der Waals surface area contributed by atoms with E-state index >= 15 is 14.4 Å². The summed E-state index contributed by atoms with van der Waals surface area (Å²) in [6, 6.07) is 4.76. The number of carbonyl (C=O) groups is 12. The average molecular weight is 1390 g/mol. The first-order valence-electron chi connectivity index (χ1n) is 34.8. The van der Waals surface area contributed by atoms with Crippen molar-refractivity contribution < 1.29 is 71.7 Å². The molecule has 0 heterocycles. The van der Waals surface area contributed by atoms with Gasteiger partial charge in [-0.05, 0) is 111 Å². The van der Waals surface area contributed by atoms with Crippen molar-refractivity contribution in [1.29, 1.82) is 0 Å². The lowest BCUT2D eigenvalue weighted by Crippen LogP contribution is -2.63. The minimum atomic E-state index is -1.56. The summed E-state index contributed by atoms with van der Waals surface area (Å²) >= 11 is 0. The first kappa shape index (κ1) is 84.8. The quantitative estimate of drug-likeness (QED) is 0.0303. The van der Waals surface area contributed by atoms with E-state index in [2.05, 4.69) is 21.3 Å². The zero-order valence-corrected chi connectivity index (χ0v) is 63.1. The molecular formula is C74H116N10O15. The smallest absolute Gasteiger partial charge is 0.407 e. The molecule has 0 unspecified atom stereocenters. The normalized spacial score (nSPS) is 15.4. The molecule has 2 aromatic rings. The summed E-state index contributed by atoms with van der Waals surface area (Å²) in [5.74, 6) is -9.50. The molecule has 0 saturated heterocycles. The van der Waals surface area contributed by atoms with Crippen LogP contribution in [0.25, 0.3) is 11.1 Å². The number of benzene rings is 2. The van der Waals surface area contributed by atoms with Crippen LogP contribution in [0.15, 0.2) is 60.7 Å². The minimum Gasteiger partial charge on any atom is -0.462 e. The van der Waals surface area contributed by atoms with Gasteiger partial charge in [-0.2, -0.15) is 0 Å². The lowest BCUT2D eigenvalue weighted by molar-refractivity contribution is -0.164. The van der Waals surface area contributed by atoms with Gasteiger partial charge in [-0.3, -0.25) is 47.9 Å². The molecule has 0 saturated carbocycles. The van der Waals surface area contributed by atoms with Crippen LogP contribution in [0.3, 0.4) is 0 Å². The third-order valence-corrected chi connectivity index (χ3v) is 18.3. The van der Waals surface area contributed by atoms with E-state index in [1.54, 1.807) is 61.6 Å². The van der Waals surface area contributed by atoms with Crippen molar-refractivity contribution in [3.05, 3.63) is 71.8 Å². The molecule has 1 aliphatic carbocycles. The lowest BCUT2D eigenvalue weighted by atomic mass is 9.91. The van der Waals surface area contributed by atoms with Crippen LogP contribution in [0.1, 0.15) is 167 Å². The molecule has 0 aliphatic heterocycles. The maximum absolute atomic E-state index is 15.3. The van der Waals surface area contributed by atoms with Crippen molar-refractivity contribution in [1.82, 2.24) is 50.7 Å². The molecule has 3 rings (SSSR count). The third kappa shape index (κ3) is 23.6. The van der Waals surface area contributed by atoms with Gasteiger partial charge in [0.25, 0.3) is 0 Å². The molecule has 10 amide bonds. The largest absolute Gasteiger partial charge is 0.462 e. The molecule has 0 radical (unpaired) electrons. The highest BCUT2D eigenvalue weighted by Crippen LogP contribution is 2.44. The van der Waals surface area contributed by atoms with Gasteiger partial charge in [0.05, 0.1) is 6.54 Å². The Morgan fingerprint density at radius 2 is 0.990 bits per heavy atom. The topological polar surface area (TPSA) is 300 Å². The second-order valence-corrected chi connectivity index (χ2v) is 28.4. The van der Waals surface area contributed by atoms with E-state index in [0.717, 1.165) is 27.2 Å². The number of rotatable bonds is 37. The number of nitrogens with zero attached hydrogens (tertiary/aromatic N) is 6. The molecular weight excluding hydrogens is 1270 g/mol. The van der Waals surface area contributed by atoms with Gasteiger partial charge in [0, 0.05) is 62.1 Å². The summed E-state index contributed by atoms with van der Waals surface area (Å²) in [6.07, 6.45) is 2.35. The predicted molar refractivity (Wildman–Crippen MR) is 379 cm³/mol. The molecule has 99 heavy (non-hydrogen) atoms. The van der Waals surface area contributed by atoms with E-state index in [-0.39, 0.29) is 75.0 Å². The van der Waals surface area contributed by atoms with Gasteiger partial charge in [0.15, 0.2) is 0 Å². The molecule has 1 aliphatic rings. The molecule has 4 N–H and O–H groups in total. The zero-order valence-electron chi connectivity index (χ0n) is 63.1. The van der Waals surface area contributed by atoms with Crippen molar-refractivity contribution in [3.8, 4) is 11.1 Å². The summed E-state index contributed by atoms with van der Waals surface area (Å²) < 4.78 is 17.1. The molecule has 2 aromatic carbocycles. The number of esters is 2. The fourth-order valence-electron chi connectivity index (χ4n) is 12.4. The van der Waals surface area contributed by atoms with Crippen LogP contribution in [0.4, 0.5) is 4.79 Å². The van der Waals surface area contributed by atoms with Gasteiger partial charge in [-0.1, -0.05) is 144 Å². The number of hydrogen-bond acceptors (Lipinski definition) is 15. The first-order chi connectivity index (χ1) is 46.2. The maximum Gasteiger partial charge on any atom is 0.407 e. The van der Waals surface area contributed by atoms with Crippen molar-refractivity contribution in [2.45, 2.75) is 216 Å². The fraction of sp³-hybridized carbons (Fsp3) is 0.649. The Balaban J connectivity index is 1.87. The van der Waals surface area contributed by atoms with Gasteiger partial charge in [-0.25, -0.2) is 9.59 Å². The van der Waals surface area contributed by atoms with Gasteiger partial charge in [0.1, 0.15) is 73.7 Å². The zero-order chi connectivity index (χ0) is 75.2. The summed E-state index contributed by atoms with van der Waals surface area (Å²) in [6.45, 7) is 28.7. The number of likely N-dealkylation sites (N-methyl/N-ethyl adjacent to an activating group) is 6. The summed E-state index contributed by atoms with van der Waals surface area (Å²) in [4.78, 5) is 177. The molecule has 552 valence electrons. The van der Waals surface area contributed by atoms with Crippen LogP contribution in [-0.4, -0.2) is 223 Å². The van der Waals surface area contributed by atoms with Crippen LogP contribution < -0.4 is 21.3 Å². The van der Waals surface area contributed by atoms with Crippen LogP contribution in [0.5, 0.6) is 0 Å². The number of allylic oxidation sites excluding steroid dienone is 2. The Morgan fingerprint density at radius 1 is 0.515 bits per heavy atom. The van der Waals surface area contributed by atoms with E-state index in [9.17, 15) is 43.2 Å². The molecule has 25 heteroatoms. The van der Waals surface area contributed by atoms with Gasteiger partial charge in [-0.15, -0.1) is 0 Å². The third-order valence-electron chi connectivity index (χ3n) is 18.3. The highest BCUT2D eigenvalue weighted by atomic mass is 16.6. The molecule has 0 spiro atoms. The molecule has 0 bridgehead atoms. The minimum absolute atomic E-state index is 0.0251. The SMILES string of the molecule is C/C=C/C[C@@H](C)[C@@H](OC(C)=O)[C@@H](C(=O)N[C@@H](CC)C(=O)OCCN(C)C(C)=O)N(C)C(=O)[C@H](C(C)C)N(C)C(=O)[C@H](CC(C)C)N(C)C(=O)[C@H](CC(C)C)N(C)C(=O)[C@@H](C)NC(=O)[C@H](C)NC(=O)[C@@H](CC(C)C)N(C)C(=O)[C@@H](NC(=O)OCC1c2ccccc2-c2ccccc21)C(C)C. The second kappa shape index (κ2) is 39.4.